The maximum atomic E-state index is 12.5. The van der Waals surface area contributed by atoms with Crippen molar-refractivity contribution in [1.29, 1.82) is 0 Å². The molecule has 2 aliphatic rings. The molecule has 122 valence electrons. The van der Waals surface area contributed by atoms with E-state index in [0.29, 0.717) is 6.61 Å². The quantitative estimate of drug-likeness (QED) is 0.869. The first kappa shape index (κ1) is 14.9. The molecule has 0 radical (unpaired) electrons. The Labute approximate surface area is 141 Å². The zero-order valence-corrected chi connectivity index (χ0v) is 13.3. The van der Waals surface area contributed by atoms with Crippen LogP contribution in [0.1, 0.15) is 30.5 Å². The van der Waals surface area contributed by atoms with E-state index in [4.69, 9.17) is 4.74 Å². The number of ether oxygens (including phenoxy) is 1. The van der Waals surface area contributed by atoms with Gasteiger partial charge >= 0.3 is 6.09 Å². The monoisotopic (exact) mass is 321 g/mol. The van der Waals surface area contributed by atoms with Crippen molar-refractivity contribution in [2.75, 3.05) is 0 Å². The fraction of sp³-hybridized carbons (Fsp3) is 0.316. The topological polar surface area (TPSA) is 55.3 Å². The van der Waals surface area contributed by atoms with Crippen LogP contribution in [-0.4, -0.2) is 33.0 Å². The third-order valence-corrected chi connectivity index (χ3v) is 4.70. The minimum absolute atomic E-state index is 0.101. The summed E-state index contributed by atoms with van der Waals surface area (Å²) < 4.78 is 5.52. The van der Waals surface area contributed by atoms with Gasteiger partial charge in [0, 0.05) is 18.4 Å². The molecule has 2 bridgehead atoms. The van der Waals surface area contributed by atoms with Gasteiger partial charge in [-0.3, -0.25) is 14.9 Å². The highest BCUT2D eigenvalue weighted by molar-refractivity contribution is 5.73. The zero-order chi connectivity index (χ0) is 16.4. The smallest absolute Gasteiger partial charge is 0.410 e. The molecule has 3 heterocycles. The van der Waals surface area contributed by atoms with Gasteiger partial charge in [-0.15, -0.1) is 0 Å². The third-order valence-electron chi connectivity index (χ3n) is 4.70. The van der Waals surface area contributed by atoms with E-state index in [1.165, 1.54) is 5.57 Å². The average Bonchev–Trinajstić information content (AvgIpc) is 2.91. The van der Waals surface area contributed by atoms with E-state index in [1.54, 1.807) is 18.6 Å². The lowest BCUT2D eigenvalue weighted by atomic mass is 9.99. The summed E-state index contributed by atoms with van der Waals surface area (Å²) in [6.07, 6.45) is 9.90. The van der Waals surface area contributed by atoms with E-state index in [9.17, 15) is 4.79 Å². The van der Waals surface area contributed by atoms with E-state index in [2.05, 4.69) is 16.0 Å². The molecule has 1 amide bonds. The molecule has 2 unspecified atom stereocenters. The molecule has 1 saturated heterocycles. The maximum Gasteiger partial charge on any atom is 0.410 e. The van der Waals surface area contributed by atoms with Crippen LogP contribution in [0.15, 0.2) is 55.0 Å². The van der Waals surface area contributed by atoms with Crippen LogP contribution in [0.4, 0.5) is 4.79 Å². The SMILES string of the molecule is O=C(OCc1ccccc1)N1C2C=C(c3cnccn3)CC1CC2. The van der Waals surface area contributed by atoms with Crippen molar-refractivity contribution in [1.82, 2.24) is 14.9 Å². The van der Waals surface area contributed by atoms with E-state index in [0.717, 1.165) is 30.5 Å². The first-order valence-electron chi connectivity index (χ1n) is 8.27. The molecule has 2 atom stereocenters. The Balaban J connectivity index is 1.46. The molecule has 0 N–H and O–H groups in total. The highest BCUT2D eigenvalue weighted by atomic mass is 16.6. The first-order chi connectivity index (χ1) is 11.8. The van der Waals surface area contributed by atoms with E-state index in [-0.39, 0.29) is 18.2 Å². The van der Waals surface area contributed by atoms with E-state index < -0.39 is 0 Å². The van der Waals surface area contributed by atoms with E-state index in [1.807, 2.05) is 35.2 Å². The minimum Gasteiger partial charge on any atom is -0.445 e. The number of nitrogens with zero attached hydrogens (tertiary/aromatic N) is 3. The van der Waals surface area contributed by atoms with Crippen molar-refractivity contribution in [3.8, 4) is 0 Å². The number of hydrogen-bond acceptors (Lipinski definition) is 4. The molecule has 0 spiro atoms. The number of amides is 1. The lowest BCUT2D eigenvalue weighted by Gasteiger charge is -2.33. The predicted octanol–water partition coefficient (Wildman–Crippen LogP) is 3.43. The van der Waals surface area contributed by atoms with Crippen molar-refractivity contribution in [2.24, 2.45) is 0 Å². The molecule has 2 aromatic rings. The Kier molecular flexibility index (Phi) is 3.99. The Bertz CT molecular complexity index is 746. The van der Waals surface area contributed by atoms with Gasteiger partial charge in [0.2, 0.25) is 0 Å². The van der Waals surface area contributed by atoms with Crippen molar-refractivity contribution in [2.45, 2.75) is 38.0 Å². The summed E-state index contributed by atoms with van der Waals surface area (Å²) in [5.74, 6) is 0. The first-order valence-corrected chi connectivity index (χ1v) is 8.27. The van der Waals surface area contributed by atoms with Crippen molar-refractivity contribution >= 4 is 11.7 Å². The number of carbonyl (C=O) groups is 1. The van der Waals surface area contributed by atoms with Gasteiger partial charge in [0.1, 0.15) is 6.61 Å². The molecule has 1 fully saturated rings. The van der Waals surface area contributed by atoms with E-state index >= 15 is 0 Å². The van der Waals surface area contributed by atoms with Crippen LogP contribution in [0, 0.1) is 0 Å². The standard InChI is InChI=1S/C19H19N3O2/c23-19(24-13-14-4-2-1-3-5-14)22-16-6-7-17(22)11-15(10-16)18-12-20-8-9-21-18/h1-5,8-10,12,16-17H,6-7,11,13H2. The lowest BCUT2D eigenvalue weighted by Crippen LogP contribution is -2.43. The molecule has 0 saturated carbocycles. The van der Waals surface area contributed by atoms with Gasteiger partial charge in [0.15, 0.2) is 0 Å². The van der Waals surface area contributed by atoms with Gasteiger partial charge in [0.25, 0.3) is 0 Å². The Morgan fingerprint density at radius 3 is 2.83 bits per heavy atom. The Morgan fingerprint density at radius 1 is 1.21 bits per heavy atom. The van der Waals surface area contributed by atoms with Crippen molar-refractivity contribution < 1.29 is 9.53 Å². The predicted molar refractivity (Wildman–Crippen MR) is 89.9 cm³/mol. The van der Waals surface area contributed by atoms with Crippen LogP contribution in [-0.2, 0) is 11.3 Å². The van der Waals surface area contributed by atoms with Crippen molar-refractivity contribution in [3.63, 3.8) is 0 Å². The molecule has 2 aliphatic heterocycles. The molecule has 1 aromatic carbocycles. The second kappa shape index (κ2) is 6.43. The number of rotatable bonds is 3. The summed E-state index contributed by atoms with van der Waals surface area (Å²) >= 11 is 0. The summed E-state index contributed by atoms with van der Waals surface area (Å²) in [4.78, 5) is 22.9. The molecule has 0 aliphatic carbocycles. The summed E-state index contributed by atoms with van der Waals surface area (Å²) in [6.45, 7) is 0.316. The van der Waals surface area contributed by atoms with Crippen LogP contribution < -0.4 is 0 Å². The molecule has 1 aromatic heterocycles. The van der Waals surface area contributed by atoms with Crippen molar-refractivity contribution in [3.05, 3.63) is 66.3 Å². The Hall–Kier alpha value is -2.69. The van der Waals surface area contributed by atoms with Crippen LogP contribution >= 0.6 is 0 Å². The number of hydrogen-bond donors (Lipinski definition) is 0. The fourth-order valence-electron chi connectivity index (χ4n) is 3.56. The highest BCUT2D eigenvalue weighted by Gasteiger charge is 2.40. The van der Waals surface area contributed by atoms with Crippen LogP contribution in [0.5, 0.6) is 0 Å². The molecule has 4 rings (SSSR count). The van der Waals surface area contributed by atoms with Gasteiger partial charge in [0.05, 0.1) is 17.9 Å². The lowest BCUT2D eigenvalue weighted by molar-refractivity contribution is 0.0832. The summed E-state index contributed by atoms with van der Waals surface area (Å²) in [5.41, 5.74) is 3.10. The maximum absolute atomic E-state index is 12.5. The Morgan fingerprint density at radius 2 is 2.08 bits per heavy atom. The molecular formula is C19H19N3O2. The number of benzene rings is 1. The normalized spacial score (nSPS) is 22.2. The second-order valence-electron chi connectivity index (χ2n) is 6.23. The second-order valence-corrected chi connectivity index (χ2v) is 6.23. The number of aromatic nitrogens is 2. The summed E-state index contributed by atoms with van der Waals surface area (Å²) in [6, 6.07) is 10.1. The van der Waals surface area contributed by atoms with Crippen LogP contribution in [0.25, 0.3) is 5.57 Å². The summed E-state index contributed by atoms with van der Waals surface area (Å²) in [5, 5.41) is 0. The van der Waals surface area contributed by atoms with Crippen LogP contribution in [0.2, 0.25) is 0 Å². The average molecular weight is 321 g/mol. The zero-order valence-electron chi connectivity index (χ0n) is 13.3. The van der Waals surface area contributed by atoms with Gasteiger partial charge in [-0.1, -0.05) is 36.4 Å². The molecular weight excluding hydrogens is 302 g/mol. The highest BCUT2D eigenvalue weighted by Crippen LogP contribution is 2.38. The van der Waals surface area contributed by atoms with Gasteiger partial charge < -0.3 is 4.74 Å². The third kappa shape index (κ3) is 2.89. The molecule has 5 heteroatoms. The van der Waals surface area contributed by atoms with Crippen LogP contribution in [0.3, 0.4) is 0 Å². The van der Waals surface area contributed by atoms with Gasteiger partial charge in [-0.2, -0.15) is 0 Å². The molecule has 5 nitrogen and oxygen atoms in total. The number of fused-ring (bicyclic) bond motifs is 2. The number of carbonyl (C=O) groups excluding carboxylic acids is 1. The fourth-order valence-corrected chi connectivity index (χ4v) is 3.56. The molecule has 24 heavy (non-hydrogen) atoms. The van der Waals surface area contributed by atoms with Gasteiger partial charge in [-0.05, 0) is 30.4 Å². The minimum atomic E-state index is -0.221. The summed E-state index contributed by atoms with van der Waals surface area (Å²) in [7, 11) is 0. The van der Waals surface area contributed by atoms with Gasteiger partial charge in [-0.25, -0.2) is 4.79 Å². The largest absolute Gasteiger partial charge is 0.445 e.